The van der Waals surface area contributed by atoms with E-state index < -0.39 is 0 Å². The largest absolute Gasteiger partial charge is 0.464 e. The second-order valence-corrected chi connectivity index (χ2v) is 4.99. The number of furan rings is 1. The molecule has 94 valence electrons. The Morgan fingerprint density at radius 2 is 2.00 bits per heavy atom. The van der Waals surface area contributed by atoms with Crippen LogP contribution in [0, 0.1) is 0 Å². The van der Waals surface area contributed by atoms with E-state index in [0.717, 1.165) is 22.9 Å². The van der Waals surface area contributed by atoms with Gasteiger partial charge in [-0.3, -0.25) is 4.79 Å². The third-order valence-electron chi connectivity index (χ3n) is 2.68. The van der Waals surface area contributed by atoms with Crippen LogP contribution in [0.5, 0.6) is 0 Å². The van der Waals surface area contributed by atoms with Crippen LogP contribution in [0.1, 0.15) is 5.76 Å². The molecule has 0 saturated carbocycles. The monoisotopic (exact) mass is 270 g/mol. The highest BCUT2D eigenvalue weighted by Gasteiger charge is 2.20. The fourth-order valence-electron chi connectivity index (χ4n) is 1.83. The number of benzene rings is 1. The van der Waals surface area contributed by atoms with Crippen LogP contribution in [0.25, 0.3) is 17.2 Å². The van der Waals surface area contributed by atoms with E-state index in [0.29, 0.717) is 10.7 Å². The smallest absolute Gasteiger partial charge is 0.286 e. The highest BCUT2D eigenvalue weighted by molar-refractivity contribution is 8.18. The van der Waals surface area contributed by atoms with Crippen molar-refractivity contribution in [3.05, 3.63) is 53.3 Å². The molecule has 0 atom stereocenters. The number of hydrogen-bond acceptors (Lipinski definition) is 4. The first kappa shape index (κ1) is 11.8. The summed E-state index contributed by atoms with van der Waals surface area (Å²) in [6, 6.07) is 11.7. The summed E-state index contributed by atoms with van der Waals surface area (Å²) in [5.74, 6) is 0.310. The van der Waals surface area contributed by atoms with Crippen molar-refractivity contribution in [1.29, 1.82) is 0 Å². The van der Waals surface area contributed by atoms with Gasteiger partial charge in [-0.15, -0.1) is 0 Å². The predicted octanol–water partition coefficient (Wildman–Crippen LogP) is 2.88. The molecule has 1 aromatic carbocycles. The van der Waals surface area contributed by atoms with Gasteiger partial charge in [-0.1, -0.05) is 30.3 Å². The lowest BCUT2D eigenvalue weighted by Gasteiger charge is -1.99. The molecule has 19 heavy (non-hydrogen) atoms. The van der Waals surface area contributed by atoms with Crippen molar-refractivity contribution in [3.8, 4) is 11.1 Å². The zero-order valence-electron chi connectivity index (χ0n) is 9.87. The van der Waals surface area contributed by atoms with Gasteiger partial charge < -0.3 is 10.2 Å². The van der Waals surface area contributed by atoms with Gasteiger partial charge in [0.1, 0.15) is 5.76 Å². The molecule has 4 nitrogen and oxygen atoms in total. The van der Waals surface area contributed by atoms with Crippen molar-refractivity contribution in [3.63, 3.8) is 0 Å². The SMILES string of the molecule is NC1=NC(=O)/C(=C/c2occc2-c2ccccc2)S1. The third-order valence-corrected chi connectivity index (χ3v) is 3.49. The molecule has 0 bridgehead atoms. The number of carbonyl (C=O) groups is 1. The van der Waals surface area contributed by atoms with Gasteiger partial charge in [-0.05, 0) is 23.4 Å². The van der Waals surface area contributed by atoms with Crippen LogP contribution < -0.4 is 5.73 Å². The zero-order chi connectivity index (χ0) is 13.2. The Morgan fingerprint density at radius 3 is 2.68 bits per heavy atom. The fourth-order valence-corrected chi connectivity index (χ4v) is 2.49. The number of aliphatic imine (C=N–C) groups is 1. The lowest BCUT2D eigenvalue weighted by molar-refractivity contribution is -0.113. The van der Waals surface area contributed by atoms with Crippen LogP contribution in [0.15, 0.2) is 57.0 Å². The molecule has 0 saturated heterocycles. The lowest BCUT2D eigenvalue weighted by Crippen LogP contribution is -2.01. The van der Waals surface area contributed by atoms with E-state index in [2.05, 4.69) is 4.99 Å². The molecule has 2 aromatic rings. The molecule has 1 amide bonds. The van der Waals surface area contributed by atoms with Crippen LogP contribution in [-0.2, 0) is 4.79 Å². The van der Waals surface area contributed by atoms with Gasteiger partial charge >= 0.3 is 0 Å². The average molecular weight is 270 g/mol. The maximum atomic E-state index is 11.6. The van der Waals surface area contributed by atoms with Gasteiger partial charge in [0.2, 0.25) is 0 Å². The lowest BCUT2D eigenvalue weighted by atomic mass is 10.1. The number of nitrogens with two attached hydrogens (primary N) is 1. The molecule has 1 aromatic heterocycles. The second kappa shape index (κ2) is 4.78. The number of rotatable bonds is 2. The topological polar surface area (TPSA) is 68.6 Å². The minimum Gasteiger partial charge on any atom is -0.464 e. The van der Waals surface area contributed by atoms with E-state index in [1.165, 1.54) is 0 Å². The number of amides is 1. The summed E-state index contributed by atoms with van der Waals surface area (Å²) in [7, 11) is 0. The summed E-state index contributed by atoms with van der Waals surface area (Å²) in [6.45, 7) is 0. The number of carbonyl (C=O) groups excluding carboxylic acids is 1. The second-order valence-electron chi connectivity index (χ2n) is 3.93. The zero-order valence-corrected chi connectivity index (χ0v) is 10.7. The average Bonchev–Trinajstić information content (AvgIpc) is 2.98. The summed E-state index contributed by atoms with van der Waals surface area (Å²) in [5.41, 5.74) is 7.49. The van der Waals surface area contributed by atoms with Crippen LogP contribution in [0.3, 0.4) is 0 Å². The van der Waals surface area contributed by atoms with Gasteiger partial charge in [0.25, 0.3) is 5.91 Å². The number of amidine groups is 1. The van der Waals surface area contributed by atoms with Crippen molar-refractivity contribution in [2.75, 3.05) is 0 Å². The van der Waals surface area contributed by atoms with Crippen LogP contribution in [0.4, 0.5) is 0 Å². The molecule has 1 aliphatic rings. The van der Waals surface area contributed by atoms with Crippen LogP contribution in [-0.4, -0.2) is 11.1 Å². The van der Waals surface area contributed by atoms with Crippen molar-refractivity contribution in [2.45, 2.75) is 0 Å². The highest BCUT2D eigenvalue weighted by atomic mass is 32.2. The maximum Gasteiger partial charge on any atom is 0.286 e. The predicted molar refractivity (Wildman–Crippen MR) is 76.3 cm³/mol. The standard InChI is InChI=1S/C14H10N2O2S/c15-14-16-13(17)12(19-14)8-11-10(6-7-18-11)9-4-2-1-3-5-9/h1-8H,(H2,15,16,17)/b12-8-. The molecular formula is C14H10N2O2S. The number of hydrogen-bond donors (Lipinski definition) is 1. The Bertz CT molecular complexity index is 686. The van der Waals surface area contributed by atoms with E-state index in [1.54, 1.807) is 12.3 Å². The molecule has 0 fully saturated rings. The summed E-state index contributed by atoms with van der Waals surface area (Å²) in [4.78, 5) is 15.7. The van der Waals surface area contributed by atoms with E-state index in [-0.39, 0.29) is 11.1 Å². The minimum absolute atomic E-state index is 0.268. The molecule has 2 heterocycles. The van der Waals surface area contributed by atoms with Crippen molar-refractivity contribution in [1.82, 2.24) is 0 Å². The Morgan fingerprint density at radius 1 is 1.21 bits per heavy atom. The fraction of sp³-hybridized carbons (Fsp3) is 0. The molecule has 5 heteroatoms. The van der Waals surface area contributed by atoms with E-state index in [9.17, 15) is 4.79 Å². The van der Waals surface area contributed by atoms with Crippen molar-refractivity contribution in [2.24, 2.45) is 10.7 Å². The summed E-state index contributed by atoms with van der Waals surface area (Å²) in [5, 5.41) is 0.268. The normalized spacial score (nSPS) is 16.9. The molecule has 2 N–H and O–H groups in total. The molecule has 0 radical (unpaired) electrons. The van der Waals surface area contributed by atoms with Gasteiger partial charge in [0.15, 0.2) is 5.17 Å². The van der Waals surface area contributed by atoms with Crippen molar-refractivity contribution < 1.29 is 9.21 Å². The summed E-state index contributed by atoms with van der Waals surface area (Å²) >= 11 is 1.16. The Hall–Kier alpha value is -2.27. The molecule has 0 spiro atoms. The summed E-state index contributed by atoms with van der Waals surface area (Å²) < 4.78 is 5.43. The first-order valence-corrected chi connectivity index (χ1v) is 6.46. The summed E-state index contributed by atoms with van der Waals surface area (Å²) in [6.07, 6.45) is 3.28. The van der Waals surface area contributed by atoms with Gasteiger partial charge in [0.05, 0.1) is 11.2 Å². The minimum atomic E-state index is -0.321. The van der Waals surface area contributed by atoms with E-state index >= 15 is 0 Å². The molecule has 1 aliphatic heterocycles. The molecular weight excluding hydrogens is 260 g/mol. The highest BCUT2D eigenvalue weighted by Crippen LogP contribution is 2.31. The third kappa shape index (κ3) is 2.32. The Kier molecular flexibility index (Phi) is 2.97. The van der Waals surface area contributed by atoms with Gasteiger partial charge in [-0.25, -0.2) is 0 Å². The van der Waals surface area contributed by atoms with Gasteiger partial charge in [-0.2, -0.15) is 4.99 Å². The number of nitrogens with zero attached hydrogens (tertiary/aromatic N) is 1. The Labute approximate surface area is 114 Å². The maximum absolute atomic E-state index is 11.6. The quantitative estimate of drug-likeness (QED) is 0.852. The Balaban J connectivity index is 1.99. The van der Waals surface area contributed by atoms with Crippen molar-refractivity contribution >= 4 is 28.9 Å². The molecule has 0 aliphatic carbocycles. The molecule has 0 unspecified atom stereocenters. The van der Waals surface area contributed by atoms with Crippen LogP contribution in [0.2, 0.25) is 0 Å². The van der Waals surface area contributed by atoms with Crippen LogP contribution >= 0.6 is 11.8 Å². The first-order valence-electron chi connectivity index (χ1n) is 5.65. The van der Waals surface area contributed by atoms with E-state index in [4.69, 9.17) is 10.2 Å². The number of thioether (sulfide) groups is 1. The molecule has 3 rings (SSSR count). The first-order chi connectivity index (χ1) is 9.24. The van der Waals surface area contributed by atoms with Gasteiger partial charge in [0, 0.05) is 11.6 Å². The van der Waals surface area contributed by atoms with E-state index in [1.807, 2.05) is 36.4 Å².